The minimum absolute atomic E-state index is 0.0228. The molecular formula is C14H21NO3S. The summed E-state index contributed by atoms with van der Waals surface area (Å²) in [5.41, 5.74) is 1.14. The van der Waals surface area contributed by atoms with Crippen LogP contribution in [0.3, 0.4) is 0 Å². The molecule has 1 aromatic rings. The summed E-state index contributed by atoms with van der Waals surface area (Å²) in [5, 5.41) is 0. The fourth-order valence-corrected chi connectivity index (χ4v) is 3.30. The SMILES string of the molecule is CC(C)(C)c1ccc(S(=O)(=O)NC2CCOC2)cc1. The molecular weight excluding hydrogens is 262 g/mol. The third-order valence-corrected chi connectivity index (χ3v) is 4.82. The molecule has 0 spiro atoms. The molecule has 1 aliphatic rings. The van der Waals surface area contributed by atoms with Crippen LogP contribution in [0.15, 0.2) is 29.2 Å². The molecule has 1 atom stereocenters. The first kappa shape index (κ1) is 14.5. The highest BCUT2D eigenvalue weighted by Gasteiger charge is 2.23. The lowest BCUT2D eigenvalue weighted by Crippen LogP contribution is -2.35. The van der Waals surface area contributed by atoms with Gasteiger partial charge in [-0.25, -0.2) is 13.1 Å². The van der Waals surface area contributed by atoms with Crippen LogP contribution in [0.25, 0.3) is 0 Å². The Morgan fingerprint density at radius 2 is 1.84 bits per heavy atom. The van der Waals surface area contributed by atoms with Crippen molar-refractivity contribution in [1.29, 1.82) is 0 Å². The maximum absolute atomic E-state index is 12.2. The molecule has 4 nitrogen and oxygen atoms in total. The fourth-order valence-electron chi connectivity index (χ4n) is 2.05. The van der Waals surface area contributed by atoms with Gasteiger partial charge in [-0.1, -0.05) is 32.9 Å². The number of sulfonamides is 1. The molecule has 1 saturated heterocycles. The van der Waals surface area contributed by atoms with Gasteiger partial charge in [-0.15, -0.1) is 0 Å². The van der Waals surface area contributed by atoms with E-state index in [9.17, 15) is 8.42 Å². The number of ether oxygens (including phenoxy) is 1. The Bertz CT molecular complexity index is 523. The van der Waals surface area contributed by atoms with E-state index in [1.54, 1.807) is 12.1 Å². The minimum atomic E-state index is -3.44. The van der Waals surface area contributed by atoms with Crippen molar-refractivity contribution >= 4 is 10.0 Å². The highest BCUT2D eigenvalue weighted by molar-refractivity contribution is 7.89. The first-order valence-electron chi connectivity index (χ1n) is 6.50. The quantitative estimate of drug-likeness (QED) is 0.923. The average molecular weight is 283 g/mol. The van der Waals surface area contributed by atoms with Crippen LogP contribution in [0.4, 0.5) is 0 Å². The monoisotopic (exact) mass is 283 g/mol. The van der Waals surface area contributed by atoms with Gasteiger partial charge in [-0.05, 0) is 29.5 Å². The predicted molar refractivity (Wildman–Crippen MR) is 74.7 cm³/mol. The Morgan fingerprint density at radius 1 is 1.21 bits per heavy atom. The van der Waals surface area contributed by atoms with Gasteiger partial charge in [0.1, 0.15) is 0 Å². The molecule has 1 unspecified atom stereocenters. The zero-order valence-electron chi connectivity index (χ0n) is 11.6. The summed E-state index contributed by atoms with van der Waals surface area (Å²) in [5.74, 6) is 0. The summed E-state index contributed by atoms with van der Waals surface area (Å²) in [6.45, 7) is 7.38. The maximum Gasteiger partial charge on any atom is 0.240 e. The normalized spacial score (nSPS) is 20.7. The highest BCUT2D eigenvalue weighted by Crippen LogP contribution is 2.23. The molecule has 2 rings (SSSR count). The lowest BCUT2D eigenvalue weighted by Gasteiger charge is -2.19. The second-order valence-corrected chi connectivity index (χ2v) is 7.67. The molecule has 0 aliphatic carbocycles. The van der Waals surface area contributed by atoms with Gasteiger partial charge in [0.2, 0.25) is 10.0 Å². The third kappa shape index (κ3) is 3.55. The van der Waals surface area contributed by atoms with E-state index in [0.717, 1.165) is 12.0 Å². The molecule has 1 fully saturated rings. The van der Waals surface area contributed by atoms with Crippen molar-refractivity contribution in [2.75, 3.05) is 13.2 Å². The van der Waals surface area contributed by atoms with Gasteiger partial charge < -0.3 is 4.74 Å². The molecule has 0 saturated carbocycles. The molecule has 0 aromatic heterocycles. The van der Waals surface area contributed by atoms with Crippen LogP contribution in [0.2, 0.25) is 0 Å². The Balaban J connectivity index is 2.16. The van der Waals surface area contributed by atoms with Crippen molar-refractivity contribution in [3.63, 3.8) is 0 Å². The number of benzene rings is 1. The smallest absolute Gasteiger partial charge is 0.240 e. The van der Waals surface area contributed by atoms with E-state index in [1.807, 2.05) is 12.1 Å². The van der Waals surface area contributed by atoms with Gasteiger partial charge in [-0.3, -0.25) is 0 Å². The van der Waals surface area contributed by atoms with Gasteiger partial charge >= 0.3 is 0 Å². The van der Waals surface area contributed by atoms with E-state index in [4.69, 9.17) is 4.74 Å². The molecule has 0 bridgehead atoms. The standard InChI is InChI=1S/C14H21NO3S/c1-14(2,3)11-4-6-13(7-5-11)19(16,17)15-12-8-9-18-10-12/h4-7,12,15H,8-10H2,1-3H3. The van der Waals surface area contributed by atoms with E-state index < -0.39 is 10.0 Å². The summed E-state index contributed by atoms with van der Waals surface area (Å²) in [4.78, 5) is 0.312. The van der Waals surface area contributed by atoms with Gasteiger partial charge in [0.25, 0.3) is 0 Å². The van der Waals surface area contributed by atoms with Crippen LogP contribution < -0.4 is 4.72 Å². The molecule has 1 aromatic carbocycles. The van der Waals surface area contributed by atoms with Crippen molar-refractivity contribution in [2.45, 2.75) is 43.5 Å². The van der Waals surface area contributed by atoms with Crippen LogP contribution >= 0.6 is 0 Å². The first-order chi connectivity index (χ1) is 8.79. The van der Waals surface area contributed by atoms with Crippen LogP contribution in [0, 0.1) is 0 Å². The summed E-state index contributed by atoms with van der Waals surface area (Å²) in [6, 6.07) is 6.98. The molecule has 19 heavy (non-hydrogen) atoms. The van der Waals surface area contributed by atoms with E-state index in [2.05, 4.69) is 25.5 Å². The van der Waals surface area contributed by atoms with Crippen molar-refractivity contribution in [1.82, 2.24) is 4.72 Å². The van der Waals surface area contributed by atoms with Crippen LogP contribution in [-0.2, 0) is 20.2 Å². The van der Waals surface area contributed by atoms with Crippen molar-refractivity contribution in [3.05, 3.63) is 29.8 Å². The number of hydrogen-bond acceptors (Lipinski definition) is 3. The second kappa shape index (κ2) is 5.23. The van der Waals surface area contributed by atoms with E-state index in [1.165, 1.54) is 0 Å². The molecule has 1 heterocycles. The number of nitrogens with one attached hydrogen (secondary N) is 1. The van der Waals surface area contributed by atoms with Crippen molar-refractivity contribution in [3.8, 4) is 0 Å². The fraction of sp³-hybridized carbons (Fsp3) is 0.571. The second-order valence-electron chi connectivity index (χ2n) is 5.96. The average Bonchev–Trinajstić information content (AvgIpc) is 2.80. The first-order valence-corrected chi connectivity index (χ1v) is 7.98. The molecule has 106 valence electrons. The molecule has 0 amide bonds. The third-order valence-electron chi connectivity index (χ3n) is 3.28. The Labute approximate surface area is 115 Å². The summed E-state index contributed by atoms with van der Waals surface area (Å²) >= 11 is 0. The van der Waals surface area contributed by atoms with Crippen LogP contribution in [0.5, 0.6) is 0 Å². The molecule has 0 radical (unpaired) electrons. The van der Waals surface area contributed by atoms with Crippen LogP contribution in [0.1, 0.15) is 32.8 Å². The van der Waals surface area contributed by atoms with Gasteiger partial charge in [0.15, 0.2) is 0 Å². The topological polar surface area (TPSA) is 55.4 Å². The zero-order chi connectivity index (χ0) is 14.1. The lowest BCUT2D eigenvalue weighted by atomic mass is 9.87. The number of hydrogen-bond donors (Lipinski definition) is 1. The van der Waals surface area contributed by atoms with E-state index in [-0.39, 0.29) is 11.5 Å². The Morgan fingerprint density at radius 3 is 2.32 bits per heavy atom. The Hall–Kier alpha value is -0.910. The lowest BCUT2D eigenvalue weighted by molar-refractivity contribution is 0.192. The van der Waals surface area contributed by atoms with Crippen LogP contribution in [-0.4, -0.2) is 27.7 Å². The zero-order valence-corrected chi connectivity index (χ0v) is 12.5. The van der Waals surface area contributed by atoms with E-state index in [0.29, 0.717) is 18.1 Å². The minimum Gasteiger partial charge on any atom is -0.380 e. The largest absolute Gasteiger partial charge is 0.380 e. The molecule has 5 heteroatoms. The Kier molecular flexibility index (Phi) is 3.99. The maximum atomic E-state index is 12.2. The summed E-state index contributed by atoms with van der Waals surface area (Å²) < 4.78 is 32.2. The molecule has 1 N–H and O–H groups in total. The predicted octanol–water partition coefficient (Wildman–Crippen LogP) is 2.05. The van der Waals surface area contributed by atoms with E-state index >= 15 is 0 Å². The van der Waals surface area contributed by atoms with Gasteiger partial charge in [0, 0.05) is 12.6 Å². The van der Waals surface area contributed by atoms with Crippen molar-refractivity contribution in [2.24, 2.45) is 0 Å². The highest BCUT2D eigenvalue weighted by atomic mass is 32.2. The summed E-state index contributed by atoms with van der Waals surface area (Å²) in [6.07, 6.45) is 0.735. The van der Waals surface area contributed by atoms with Gasteiger partial charge in [-0.2, -0.15) is 0 Å². The van der Waals surface area contributed by atoms with Gasteiger partial charge in [0.05, 0.1) is 11.5 Å². The summed E-state index contributed by atoms with van der Waals surface area (Å²) in [7, 11) is -3.44. The van der Waals surface area contributed by atoms with Crippen molar-refractivity contribution < 1.29 is 13.2 Å². The molecule has 1 aliphatic heterocycles. The number of rotatable bonds is 3.